The Morgan fingerprint density at radius 3 is 2.33 bits per heavy atom. The van der Waals surface area contributed by atoms with Gasteiger partial charge in [-0.2, -0.15) is 0 Å². The Balaban J connectivity index is 0.00000196. The lowest BCUT2D eigenvalue weighted by atomic mass is 10.2. The minimum Gasteiger partial charge on any atom is -0.372 e. The third-order valence-corrected chi connectivity index (χ3v) is 2.27. The van der Waals surface area contributed by atoms with Gasteiger partial charge in [0.1, 0.15) is 0 Å². The molecule has 0 radical (unpaired) electrons. The molecule has 1 fully saturated rings. The third-order valence-electron chi connectivity index (χ3n) is 2.27. The molecule has 90 valence electrons. The van der Waals surface area contributed by atoms with Gasteiger partial charge in [-0.1, -0.05) is 0 Å². The summed E-state index contributed by atoms with van der Waals surface area (Å²) in [7, 11) is 0. The van der Waals surface area contributed by atoms with Crippen LogP contribution in [-0.4, -0.2) is 42.1 Å². The van der Waals surface area contributed by atoms with Crippen LogP contribution in [0.25, 0.3) is 0 Å². The molecule has 1 aliphatic heterocycles. The molecule has 1 aliphatic rings. The monoisotopic (exact) mass is 236 g/mol. The zero-order chi connectivity index (χ0) is 10.7. The molecule has 15 heavy (non-hydrogen) atoms. The molecule has 4 nitrogen and oxygen atoms in total. The molecule has 2 N–H and O–H groups in total. The second-order valence-electron chi connectivity index (χ2n) is 4.24. The van der Waals surface area contributed by atoms with Gasteiger partial charge in [-0.05, 0) is 20.8 Å². The first-order valence-electron chi connectivity index (χ1n) is 5.18. The number of halogens is 1. The first-order valence-corrected chi connectivity index (χ1v) is 5.18. The first-order chi connectivity index (χ1) is 6.49. The van der Waals surface area contributed by atoms with Crippen LogP contribution in [-0.2, 0) is 9.53 Å². The number of rotatable bonds is 2. The van der Waals surface area contributed by atoms with Gasteiger partial charge in [0.2, 0.25) is 5.91 Å². The summed E-state index contributed by atoms with van der Waals surface area (Å²) in [5.74, 6) is 0.141. The van der Waals surface area contributed by atoms with E-state index >= 15 is 0 Å². The van der Waals surface area contributed by atoms with Crippen LogP contribution in [0.15, 0.2) is 0 Å². The Morgan fingerprint density at radius 1 is 1.47 bits per heavy atom. The van der Waals surface area contributed by atoms with E-state index in [0.717, 1.165) is 0 Å². The van der Waals surface area contributed by atoms with Crippen molar-refractivity contribution in [1.29, 1.82) is 0 Å². The van der Waals surface area contributed by atoms with Crippen molar-refractivity contribution in [2.24, 2.45) is 5.73 Å². The quantitative estimate of drug-likeness (QED) is 0.771. The van der Waals surface area contributed by atoms with Crippen LogP contribution >= 0.6 is 12.4 Å². The van der Waals surface area contributed by atoms with Crippen LogP contribution in [0.4, 0.5) is 0 Å². The number of nitrogens with two attached hydrogens (primary N) is 1. The van der Waals surface area contributed by atoms with Gasteiger partial charge in [-0.3, -0.25) is 4.79 Å². The maximum absolute atomic E-state index is 11.7. The van der Waals surface area contributed by atoms with Crippen molar-refractivity contribution in [3.05, 3.63) is 0 Å². The Kier molecular flexibility index (Phi) is 6.17. The van der Waals surface area contributed by atoms with Crippen LogP contribution in [0.1, 0.15) is 27.2 Å². The highest BCUT2D eigenvalue weighted by molar-refractivity contribution is 5.85. The van der Waals surface area contributed by atoms with E-state index in [-0.39, 0.29) is 36.6 Å². The predicted octanol–water partition coefficient (Wildman–Crippen LogP) is 0.781. The minimum absolute atomic E-state index is 0. The fourth-order valence-corrected chi connectivity index (χ4v) is 1.79. The van der Waals surface area contributed by atoms with E-state index in [9.17, 15) is 4.79 Å². The van der Waals surface area contributed by atoms with E-state index in [2.05, 4.69) is 0 Å². The lowest BCUT2D eigenvalue weighted by molar-refractivity contribution is -0.143. The molecule has 5 heteroatoms. The fraction of sp³-hybridized carbons (Fsp3) is 0.900. The normalized spacial score (nSPS) is 28.1. The standard InChI is InChI=1S/C10H20N2O2.ClH/c1-7(11)4-10(13)12-5-8(2)14-9(3)6-12;/h7-9H,4-6,11H2,1-3H3;1H. The summed E-state index contributed by atoms with van der Waals surface area (Å²) < 4.78 is 5.55. The summed E-state index contributed by atoms with van der Waals surface area (Å²) in [6.45, 7) is 7.21. The highest BCUT2D eigenvalue weighted by Gasteiger charge is 2.25. The van der Waals surface area contributed by atoms with E-state index in [1.54, 1.807) is 0 Å². The molecule has 0 spiro atoms. The fourth-order valence-electron chi connectivity index (χ4n) is 1.79. The van der Waals surface area contributed by atoms with Crippen molar-refractivity contribution < 1.29 is 9.53 Å². The van der Waals surface area contributed by atoms with Crippen molar-refractivity contribution in [2.45, 2.75) is 45.4 Å². The third kappa shape index (κ3) is 4.82. The molecule has 0 aromatic carbocycles. The van der Waals surface area contributed by atoms with Crippen LogP contribution in [0.5, 0.6) is 0 Å². The summed E-state index contributed by atoms with van der Waals surface area (Å²) in [6, 6.07) is -0.0593. The van der Waals surface area contributed by atoms with Crippen LogP contribution in [0, 0.1) is 0 Å². The molecular weight excluding hydrogens is 216 g/mol. The van der Waals surface area contributed by atoms with Gasteiger partial charge in [-0.15, -0.1) is 12.4 Å². The molecule has 0 aromatic heterocycles. The summed E-state index contributed by atoms with van der Waals surface area (Å²) >= 11 is 0. The summed E-state index contributed by atoms with van der Waals surface area (Å²) in [6.07, 6.45) is 0.700. The van der Waals surface area contributed by atoms with Crippen molar-refractivity contribution in [3.63, 3.8) is 0 Å². The highest BCUT2D eigenvalue weighted by atomic mass is 35.5. The Hall–Kier alpha value is -0.320. The van der Waals surface area contributed by atoms with E-state index in [1.807, 2.05) is 25.7 Å². The molecule has 1 heterocycles. The molecule has 1 saturated heterocycles. The second-order valence-corrected chi connectivity index (χ2v) is 4.24. The number of amides is 1. The molecule has 0 aromatic rings. The van der Waals surface area contributed by atoms with E-state index < -0.39 is 0 Å². The summed E-state index contributed by atoms with van der Waals surface area (Å²) in [4.78, 5) is 13.5. The second kappa shape index (κ2) is 6.30. The number of nitrogens with zero attached hydrogens (tertiary/aromatic N) is 1. The van der Waals surface area contributed by atoms with Crippen molar-refractivity contribution in [2.75, 3.05) is 13.1 Å². The van der Waals surface area contributed by atoms with Crippen LogP contribution in [0.3, 0.4) is 0 Å². The van der Waals surface area contributed by atoms with Crippen molar-refractivity contribution >= 4 is 18.3 Å². The number of carbonyl (C=O) groups is 1. The average molecular weight is 237 g/mol. The smallest absolute Gasteiger partial charge is 0.224 e. The number of carbonyl (C=O) groups excluding carboxylic acids is 1. The Labute approximate surface area is 97.5 Å². The van der Waals surface area contributed by atoms with E-state index in [1.165, 1.54) is 0 Å². The molecule has 3 atom stereocenters. The van der Waals surface area contributed by atoms with E-state index in [4.69, 9.17) is 10.5 Å². The predicted molar refractivity (Wildman–Crippen MR) is 62.1 cm³/mol. The maximum atomic E-state index is 11.7. The molecule has 3 unspecified atom stereocenters. The zero-order valence-corrected chi connectivity index (χ0v) is 10.4. The molecule has 1 amide bonds. The maximum Gasteiger partial charge on any atom is 0.224 e. The lowest BCUT2D eigenvalue weighted by Gasteiger charge is -2.35. The van der Waals surface area contributed by atoms with Gasteiger partial charge in [0.25, 0.3) is 0 Å². The topological polar surface area (TPSA) is 55.6 Å². The van der Waals surface area contributed by atoms with Crippen molar-refractivity contribution in [1.82, 2.24) is 4.90 Å². The van der Waals surface area contributed by atoms with Crippen LogP contribution < -0.4 is 5.73 Å². The van der Waals surface area contributed by atoms with Crippen LogP contribution in [0.2, 0.25) is 0 Å². The zero-order valence-electron chi connectivity index (χ0n) is 9.60. The van der Waals surface area contributed by atoms with Gasteiger partial charge >= 0.3 is 0 Å². The Bertz CT molecular complexity index is 202. The molecule has 0 saturated carbocycles. The minimum atomic E-state index is -0.0593. The van der Waals surface area contributed by atoms with Gasteiger partial charge in [0.15, 0.2) is 0 Å². The largest absolute Gasteiger partial charge is 0.372 e. The number of hydrogen-bond donors (Lipinski definition) is 1. The van der Waals surface area contributed by atoms with Crippen molar-refractivity contribution in [3.8, 4) is 0 Å². The number of ether oxygens (including phenoxy) is 1. The molecule has 1 rings (SSSR count). The SMILES string of the molecule is CC(N)CC(=O)N1CC(C)OC(C)C1.Cl. The average Bonchev–Trinajstić information content (AvgIpc) is 2.00. The van der Waals surface area contributed by atoms with Gasteiger partial charge in [-0.25, -0.2) is 0 Å². The molecular formula is C10H21ClN2O2. The first kappa shape index (κ1) is 14.7. The molecule has 0 bridgehead atoms. The van der Waals surface area contributed by atoms with Gasteiger partial charge in [0.05, 0.1) is 12.2 Å². The highest BCUT2D eigenvalue weighted by Crippen LogP contribution is 2.11. The van der Waals surface area contributed by atoms with E-state index in [0.29, 0.717) is 19.5 Å². The molecule has 0 aliphatic carbocycles. The van der Waals surface area contributed by atoms with Gasteiger partial charge < -0.3 is 15.4 Å². The summed E-state index contributed by atoms with van der Waals surface area (Å²) in [5.41, 5.74) is 5.59. The van der Waals surface area contributed by atoms with Gasteiger partial charge in [0, 0.05) is 25.6 Å². The number of hydrogen-bond acceptors (Lipinski definition) is 3. The Morgan fingerprint density at radius 2 is 1.93 bits per heavy atom. The number of morpholine rings is 1. The lowest BCUT2D eigenvalue weighted by Crippen LogP contribution is -2.49. The summed E-state index contributed by atoms with van der Waals surface area (Å²) in [5, 5.41) is 0.